The molecule has 2 rings (SSSR count). The molecular weight excluding hydrogens is 304 g/mol. The maximum absolute atomic E-state index is 11.8. The number of rotatable bonds is 5. The van der Waals surface area contributed by atoms with Crippen molar-refractivity contribution in [1.29, 1.82) is 0 Å². The van der Waals surface area contributed by atoms with Gasteiger partial charge in [-0.1, -0.05) is 0 Å². The minimum Gasteiger partial charge on any atom is -0.312 e. The van der Waals surface area contributed by atoms with Gasteiger partial charge in [0.25, 0.3) is 0 Å². The van der Waals surface area contributed by atoms with Crippen LogP contribution in [0, 0.1) is 18.8 Å². The molecule has 1 N–H and O–H groups in total. The molecule has 1 aliphatic rings. The van der Waals surface area contributed by atoms with E-state index in [1.54, 1.807) is 11.3 Å². The highest BCUT2D eigenvalue weighted by molar-refractivity contribution is 7.91. The lowest BCUT2D eigenvalue weighted by atomic mass is 9.88. The molecule has 1 aromatic heterocycles. The molecule has 2 heterocycles. The van der Waals surface area contributed by atoms with Crippen molar-refractivity contribution in [3.8, 4) is 0 Å². The van der Waals surface area contributed by atoms with E-state index in [-0.39, 0.29) is 11.5 Å². The van der Waals surface area contributed by atoms with Crippen molar-refractivity contribution in [1.82, 2.24) is 10.3 Å². The number of aromatic nitrogens is 1. The molecule has 0 bridgehead atoms. The van der Waals surface area contributed by atoms with Gasteiger partial charge in [0, 0.05) is 16.6 Å². The number of hydrogen-bond donors (Lipinski definition) is 1. The molecule has 21 heavy (non-hydrogen) atoms. The van der Waals surface area contributed by atoms with Crippen LogP contribution in [0.15, 0.2) is 6.20 Å². The molecule has 1 saturated heterocycles. The van der Waals surface area contributed by atoms with E-state index in [0.717, 1.165) is 24.4 Å². The molecule has 0 spiro atoms. The minimum atomic E-state index is -2.82. The van der Waals surface area contributed by atoms with Crippen LogP contribution in [-0.2, 0) is 16.3 Å². The van der Waals surface area contributed by atoms with Crippen LogP contribution in [0.2, 0.25) is 0 Å². The summed E-state index contributed by atoms with van der Waals surface area (Å²) in [5.74, 6) is 1.33. The van der Waals surface area contributed by atoms with Crippen molar-refractivity contribution in [3.63, 3.8) is 0 Å². The van der Waals surface area contributed by atoms with Gasteiger partial charge in [0.05, 0.1) is 16.5 Å². The topological polar surface area (TPSA) is 59.1 Å². The minimum absolute atomic E-state index is 0.0549. The molecule has 0 amide bonds. The summed E-state index contributed by atoms with van der Waals surface area (Å²) in [5.41, 5.74) is 0.0549. The van der Waals surface area contributed by atoms with E-state index >= 15 is 0 Å². The highest BCUT2D eigenvalue weighted by Gasteiger charge is 2.34. The molecule has 0 aliphatic carbocycles. The van der Waals surface area contributed by atoms with Gasteiger partial charge in [0.1, 0.15) is 0 Å². The normalized spacial score (nSPS) is 23.3. The highest BCUT2D eigenvalue weighted by Crippen LogP contribution is 2.30. The van der Waals surface area contributed by atoms with Crippen molar-refractivity contribution in [2.24, 2.45) is 11.8 Å². The van der Waals surface area contributed by atoms with Crippen LogP contribution in [0.25, 0.3) is 0 Å². The van der Waals surface area contributed by atoms with E-state index in [1.165, 1.54) is 4.88 Å². The zero-order chi connectivity index (χ0) is 15.7. The molecule has 1 fully saturated rings. The van der Waals surface area contributed by atoms with Crippen molar-refractivity contribution >= 4 is 21.2 Å². The fourth-order valence-corrected chi connectivity index (χ4v) is 5.60. The van der Waals surface area contributed by atoms with Crippen LogP contribution in [0.5, 0.6) is 0 Å². The Hall–Kier alpha value is -0.460. The molecule has 6 heteroatoms. The van der Waals surface area contributed by atoms with Crippen LogP contribution in [0.1, 0.15) is 37.1 Å². The number of sulfone groups is 1. The first-order chi connectivity index (χ1) is 9.65. The molecule has 0 aromatic carbocycles. The quantitative estimate of drug-likeness (QED) is 0.901. The summed E-state index contributed by atoms with van der Waals surface area (Å²) in [6.07, 6.45) is 3.67. The van der Waals surface area contributed by atoms with Crippen LogP contribution in [0.3, 0.4) is 0 Å². The monoisotopic (exact) mass is 330 g/mol. The summed E-state index contributed by atoms with van der Waals surface area (Å²) < 4.78 is 23.5. The third-order valence-corrected chi connectivity index (χ3v) is 6.69. The van der Waals surface area contributed by atoms with Gasteiger partial charge in [-0.15, -0.1) is 11.3 Å². The summed E-state index contributed by atoms with van der Waals surface area (Å²) in [4.78, 5) is 5.58. The Kier molecular flexibility index (Phi) is 5.11. The van der Waals surface area contributed by atoms with E-state index < -0.39 is 9.84 Å². The fourth-order valence-electron chi connectivity index (χ4n) is 2.80. The Morgan fingerprint density at radius 3 is 2.67 bits per heavy atom. The predicted molar refractivity (Wildman–Crippen MR) is 88.6 cm³/mol. The third kappa shape index (κ3) is 5.34. The van der Waals surface area contributed by atoms with Crippen molar-refractivity contribution in [2.75, 3.05) is 18.1 Å². The van der Waals surface area contributed by atoms with Gasteiger partial charge >= 0.3 is 0 Å². The molecule has 0 radical (unpaired) electrons. The first-order valence-corrected chi connectivity index (χ1v) is 10.2. The van der Waals surface area contributed by atoms with Gasteiger partial charge in [-0.05, 0) is 58.9 Å². The molecule has 2 unspecified atom stereocenters. The number of aryl methyl sites for hydroxylation is 1. The van der Waals surface area contributed by atoms with Gasteiger partial charge in [0.15, 0.2) is 9.84 Å². The van der Waals surface area contributed by atoms with Gasteiger partial charge in [-0.2, -0.15) is 0 Å². The fraction of sp³-hybridized carbons (Fsp3) is 0.800. The van der Waals surface area contributed by atoms with Crippen LogP contribution in [0.4, 0.5) is 0 Å². The number of thiazole rings is 1. The lowest BCUT2D eigenvalue weighted by molar-refractivity contribution is 0.303. The summed E-state index contributed by atoms with van der Waals surface area (Å²) >= 11 is 1.72. The molecule has 1 aromatic rings. The zero-order valence-electron chi connectivity index (χ0n) is 13.3. The van der Waals surface area contributed by atoms with E-state index in [4.69, 9.17) is 0 Å². The maximum atomic E-state index is 11.8. The zero-order valence-corrected chi connectivity index (χ0v) is 15.0. The van der Waals surface area contributed by atoms with Crippen LogP contribution < -0.4 is 5.32 Å². The predicted octanol–water partition coefficient (Wildman–Crippen LogP) is 2.43. The second-order valence-electron chi connectivity index (χ2n) is 7.10. The van der Waals surface area contributed by atoms with Crippen molar-refractivity contribution < 1.29 is 8.42 Å². The van der Waals surface area contributed by atoms with E-state index in [2.05, 4.69) is 31.1 Å². The van der Waals surface area contributed by atoms with E-state index in [1.807, 2.05) is 13.1 Å². The Bertz CT molecular complexity index is 573. The SMILES string of the molecule is Cc1ncc(CC(CNC(C)(C)C)C2CCS(=O)(=O)C2)s1. The Morgan fingerprint density at radius 1 is 1.48 bits per heavy atom. The first kappa shape index (κ1) is 16.9. The molecule has 120 valence electrons. The average Bonchev–Trinajstić information content (AvgIpc) is 2.89. The number of hydrogen-bond acceptors (Lipinski definition) is 5. The molecule has 4 nitrogen and oxygen atoms in total. The van der Waals surface area contributed by atoms with Gasteiger partial charge in [-0.3, -0.25) is 0 Å². The third-order valence-electron chi connectivity index (χ3n) is 3.96. The second-order valence-corrected chi connectivity index (χ2v) is 10.7. The largest absolute Gasteiger partial charge is 0.312 e. The molecule has 2 atom stereocenters. The Balaban J connectivity index is 2.06. The number of nitrogens with zero attached hydrogens (tertiary/aromatic N) is 1. The standard InChI is InChI=1S/C15H26N2O2S2/c1-11-16-9-14(20-11)7-13(8-17-15(2,3)4)12-5-6-21(18,19)10-12/h9,12-13,17H,5-8,10H2,1-4H3. The smallest absolute Gasteiger partial charge is 0.150 e. The summed E-state index contributed by atoms with van der Waals surface area (Å²) in [6.45, 7) is 9.31. The van der Waals surface area contributed by atoms with E-state index in [0.29, 0.717) is 17.4 Å². The summed E-state index contributed by atoms with van der Waals surface area (Å²) in [7, 11) is -2.82. The molecule has 1 aliphatic heterocycles. The van der Waals surface area contributed by atoms with Crippen molar-refractivity contribution in [3.05, 3.63) is 16.1 Å². The second kappa shape index (κ2) is 6.34. The Labute approximate surface area is 132 Å². The van der Waals surface area contributed by atoms with Crippen molar-refractivity contribution in [2.45, 2.75) is 46.1 Å². The number of nitrogens with one attached hydrogen (secondary N) is 1. The first-order valence-electron chi connectivity index (χ1n) is 7.51. The lowest BCUT2D eigenvalue weighted by Crippen LogP contribution is -2.41. The van der Waals surface area contributed by atoms with Gasteiger partial charge < -0.3 is 5.32 Å². The average molecular weight is 331 g/mol. The van der Waals surface area contributed by atoms with Gasteiger partial charge in [-0.25, -0.2) is 13.4 Å². The van der Waals surface area contributed by atoms with Crippen LogP contribution in [-0.4, -0.2) is 37.0 Å². The maximum Gasteiger partial charge on any atom is 0.150 e. The molecule has 0 saturated carbocycles. The van der Waals surface area contributed by atoms with Gasteiger partial charge in [0.2, 0.25) is 0 Å². The van der Waals surface area contributed by atoms with Crippen LogP contribution >= 0.6 is 11.3 Å². The summed E-state index contributed by atoms with van der Waals surface area (Å²) in [6, 6.07) is 0. The summed E-state index contributed by atoms with van der Waals surface area (Å²) in [5, 5.41) is 4.62. The van der Waals surface area contributed by atoms with E-state index in [9.17, 15) is 8.42 Å². The Morgan fingerprint density at radius 2 is 2.19 bits per heavy atom. The highest BCUT2D eigenvalue weighted by atomic mass is 32.2. The molecular formula is C15H26N2O2S2. The lowest BCUT2D eigenvalue weighted by Gasteiger charge is -2.28.